The van der Waals surface area contributed by atoms with Crippen LogP contribution in [0.25, 0.3) is 0 Å². The van der Waals surface area contributed by atoms with Crippen LogP contribution in [0, 0.1) is 0 Å². The molecule has 0 unspecified atom stereocenters. The Kier molecular flexibility index (Phi) is 5.68. The van der Waals surface area contributed by atoms with Gasteiger partial charge in [0.05, 0.1) is 12.8 Å². The third-order valence-corrected chi connectivity index (χ3v) is 3.26. The molecule has 0 atom stereocenters. The lowest BCUT2D eigenvalue weighted by Crippen LogP contribution is -2.33. The number of amides is 1. The van der Waals surface area contributed by atoms with Gasteiger partial charge in [0.2, 0.25) is 0 Å². The number of rotatable bonds is 6. The summed E-state index contributed by atoms with van der Waals surface area (Å²) >= 11 is 0. The summed E-state index contributed by atoms with van der Waals surface area (Å²) in [6, 6.07) is 3.60. The molecule has 7 heteroatoms. The predicted octanol–water partition coefficient (Wildman–Crippen LogP) is 1.66. The molecule has 1 amide bonds. The third-order valence-electron chi connectivity index (χ3n) is 3.26. The van der Waals surface area contributed by atoms with Gasteiger partial charge in [0.25, 0.3) is 11.5 Å². The first kappa shape index (κ1) is 17.7. The number of hydrogen-bond acceptors (Lipinski definition) is 5. The van der Waals surface area contributed by atoms with E-state index >= 15 is 0 Å². The second-order valence-corrected chi connectivity index (χ2v) is 6.37. The molecule has 0 saturated carbocycles. The van der Waals surface area contributed by atoms with Crippen molar-refractivity contribution < 1.29 is 9.53 Å². The van der Waals surface area contributed by atoms with Gasteiger partial charge in [-0.1, -0.05) is 20.8 Å². The summed E-state index contributed by atoms with van der Waals surface area (Å²) in [5.41, 5.74) is -0.701. The highest BCUT2D eigenvalue weighted by molar-refractivity contribution is 5.93. The Morgan fingerprint density at radius 3 is 2.75 bits per heavy atom. The van der Waals surface area contributed by atoms with Crippen molar-refractivity contribution in [3.63, 3.8) is 0 Å². The van der Waals surface area contributed by atoms with Gasteiger partial charge in [0.1, 0.15) is 17.1 Å². The van der Waals surface area contributed by atoms with Crippen LogP contribution in [0.4, 0.5) is 0 Å². The highest BCUT2D eigenvalue weighted by atomic mass is 16.5. The van der Waals surface area contributed by atoms with Crippen LogP contribution in [-0.4, -0.2) is 34.0 Å². The molecule has 7 nitrogen and oxygen atoms in total. The Bertz CT molecular complexity index is 735. The van der Waals surface area contributed by atoms with E-state index in [1.54, 1.807) is 18.5 Å². The van der Waals surface area contributed by atoms with Crippen molar-refractivity contribution in [1.82, 2.24) is 20.3 Å². The lowest BCUT2D eigenvalue weighted by molar-refractivity contribution is 0.0949. The zero-order chi connectivity index (χ0) is 17.6. The maximum atomic E-state index is 12.0. The van der Waals surface area contributed by atoms with Crippen molar-refractivity contribution in [3.05, 3.63) is 52.5 Å². The fourth-order valence-corrected chi connectivity index (χ4v) is 1.93. The minimum Gasteiger partial charge on any atom is -0.492 e. The Balaban J connectivity index is 1.81. The van der Waals surface area contributed by atoms with Crippen LogP contribution in [0.2, 0.25) is 0 Å². The van der Waals surface area contributed by atoms with Crippen LogP contribution in [0.3, 0.4) is 0 Å². The number of nitrogens with one attached hydrogen (secondary N) is 2. The first-order chi connectivity index (χ1) is 11.4. The number of nitrogens with zero attached hydrogens (tertiary/aromatic N) is 2. The summed E-state index contributed by atoms with van der Waals surface area (Å²) in [6.07, 6.45) is 5.23. The van der Waals surface area contributed by atoms with Gasteiger partial charge < -0.3 is 15.0 Å². The first-order valence-corrected chi connectivity index (χ1v) is 7.79. The average Bonchev–Trinajstić information content (AvgIpc) is 2.54. The van der Waals surface area contributed by atoms with Crippen molar-refractivity contribution >= 4 is 5.91 Å². The molecule has 2 N–H and O–H groups in total. The summed E-state index contributed by atoms with van der Waals surface area (Å²) in [6.45, 7) is 6.66. The maximum Gasteiger partial charge on any atom is 0.263 e. The van der Waals surface area contributed by atoms with Gasteiger partial charge in [0, 0.05) is 24.4 Å². The van der Waals surface area contributed by atoms with E-state index in [1.807, 2.05) is 26.8 Å². The normalized spacial score (nSPS) is 11.1. The number of pyridine rings is 1. The van der Waals surface area contributed by atoms with E-state index in [2.05, 4.69) is 20.3 Å². The first-order valence-electron chi connectivity index (χ1n) is 7.79. The van der Waals surface area contributed by atoms with E-state index in [-0.39, 0.29) is 11.0 Å². The van der Waals surface area contributed by atoms with Crippen LogP contribution >= 0.6 is 0 Å². The fraction of sp³-hybridized carbons (Fsp3) is 0.412. The molecule has 2 heterocycles. The summed E-state index contributed by atoms with van der Waals surface area (Å²) in [4.78, 5) is 34.8. The van der Waals surface area contributed by atoms with E-state index in [0.717, 1.165) is 0 Å². The molecule has 0 aliphatic carbocycles. The number of carbonyl (C=O) groups excluding carboxylic acids is 1. The van der Waals surface area contributed by atoms with Crippen molar-refractivity contribution in [2.45, 2.75) is 32.6 Å². The van der Waals surface area contributed by atoms with E-state index in [0.29, 0.717) is 31.1 Å². The minimum absolute atomic E-state index is 0.0103. The van der Waals surface area contributed by atoms with Crippen LogP contribution in [0.5, 0.6) is 5.75 Å². The Labute approximate surface area is 140 Å². The molecular weight excluding hydrogens is 308 g/mol. The Morgan fingerprint density at radius 2 is 2.12 bits per heavy atom. The van der Waals surface area contributed by atoms with E-state index in [1.165, 1.54) is 6.20 Å². The number of H-pyrrole nitrogens is 1. The molecule has 2 rings (SSSR count). The highest BCUT2D eigenvalue weighted by Crippen LogP contribution is 2.15. The van der Waals surface area contributed by atoms with Gasteiger partial charge in [0.15, 0.2) is 0 Å². The Hall–Kier alpha value is -2.70. The number of aromatic amines is 1. The van der Waals surface area contributed by atoms with E-state index in [4.69, 9.17) is 4.74 Å². The van der Waals surface area contributed by atoms with Crippen LogP contribution in [0.1, 0.15) is 43.4 Å². The maximum absolute atomic E-state index is 12.0. The zero-order valence-electron chi connectivity index (χ0n) is 14.1. The smallest absolute Gasteiger partial charge is 0.263 e. The molecule has 0 radical (unpaired) electrons. The van der Waals surface area contributed by atoms with Crippen molar-refractivity contribution in [2.75, 3.05) is 13.2 Å². The molecular formula is C17H22N4O3. The molecule has 0 saturated heterocycles. The van der Waals surface area contributed by atoms with Crippen molar-refractivity contribution in [3.8, 4) is 5.75 Å². The largest absolute Gasteiger partial charge is 0.492 e. The monoisotopic (exact) mass is 330 g/mol. The lowest BCUT2D eigenvalue weighted by atomic mass is 9.96. The molecule has 128 valence electrons. The van der Waals surface area contributed by atoms with Gasteiger partial charge in [-0.15, -0.1) is 0 Å². The molecule has 0 bridgehead atoms. The molecule has 2 aromatic rings. The summed E-state index contributed by atoms with van der Waals surface area (Å²) in [7, 11) is 0. The second-order valence-electron chi connectivity index (χ2n) is 6.37. The van der Waals surface area contributed by atoms with E-state index < -0.39 is 11.5 Å². The van der Waals surface area contributed by atoms with Gasteiger partial charge >= 0.3 is 0 Å². The van der Waals surface area contributed by atoms with E-state index in [9.17, 15) is 9.59 Å². The van der Waals surface area contributed by atoms with Crippen LogP contribution in [-0.2, 0) is 5.41 Å². The standard InChI is InChI=1S/C17H22N4O3/c1-17(2,3)16-20-11-13(15(23)21-16)14(22)19-8-5-9-24-12-6-4-7-18-10-12/h4,6-7,10-11H,5,8-9H2,1-3H3,(H,19,22)(H,20,21,23). The molecule has 2 aromatic heterocycles. The average molecular weight is 330 g/mol. The number of aromatic nitrogens is 3. The van der Waals surface area contributed by atoms with Gasteiger partial charge in [-0.2, -0.15) is 0 Å². The summed E-state index contributed by atoms with van der Waals surface area (Å²) in [5, 5.41) is 2.69. The van der Waals surface area contributed by atoms with Gasteiger partial charge in [-0.25, -0.2) is 4.98 Å². The zero-order valence-corrected chi connectivity index (χ0v) is 14.1. The molecule has 0 aliphatic rings. The number of carbonyl (C=O) groups is 1. The van der Waals surface area contributed by atoms with Crippen LogP contribution in [0.15, 0.2) is 35.5 Å². The molecule has 0 aliphatic heterocycles. The predicted molar refractivity (Wildman–Crippen MR) is 90.2 cm³/mol. The molecule has 0 spiro atoms. The number of hydrogen-bond donors (Lipinski definition) is 2. The SMILES string of the molecule is CC(C)(C)c1ncc(C(=O)NCCCOc2cccnc2)c(=O)[nH]1. The van der Waals surface area contributed by atoms with Gasteiger partial charge in [-0.05, 0) is 18.6 Å². The molecule has 24 heavy (non-hydrogen) atoms. The van der Waals surface area contributed by atoms with Gasteiger partial charge in [-0.3, -0.25) is 14.6 Å². The quantitative estimate of drug-likeness (QED) is 0.785. The Morgan fingerprint density at radius 1 is 1.33 bits per heavy atom. The lowest BCUT2D eigenvalue weighted by Gasteiger charge is -2.16. The summed E-state index contributed by atoms with van der Waals surface area (Å²) < 4.78 is 5.48. The van der Waals surface area contributed by atoms with Crippen molar-refractivity contribution in [2.24, 2.45) is 0 Å². The second kappa shape index (κ2) is 7.72. The molecule has 0 fully saturated rings. The van der Waals surface area contributed by atoms with Crippen LogP contribution < -0.4 is 15.6 Å². The molecule has 0 aromatic carbocycles. The third kappa shape index (κ3) is 4.91. The summed E-state index contributed by atoms with van der Waals surface area (Å²) in [5.74, 6) is 0.793. The highest BCUT2D eigenvalue weighted by Gasteiger charge is 2.19. The topological polar surface area (TPSA) is 97.0 Å². The number of ether oxygens (including phenoxy) is 1. The minimum atomic E-state index is -0.439. The fourth-order valence-electron chi connectivity index (χ4n) is 1.93. The van der Waals surface area contributed by atoms with Crippen molar-refractivity contribution in [1.29, 1.82) is 0 Å².